The van der Waals surface area contributed by atoms with E-state index in [0.29, 0.717) is 53.4 Å². The number of esters is 1. The predicted molar refractivity (Wildman–Crippen MR) is 123 cm³/mol. The van der Waals surface area contributed by atoms with E-state index in [9.17, 15) is 19.1 Å². The molecule has 1 saturated carbocycles. The van der Waals surface area contributed by atoms with E-state index in [4.69, 9.17) is 21.3 Å². The molecule has 1 aromatic carbocycles. The Bertz CT molecular complexity index is 1110. The number of hydrogen-bond donors (Lipinski definition) is 2. The van der Waals surface area contributed by atoms with Crippen molar-refractivity contribution in [3.8, 4) is 0 Å². The lowest BCUT2D eigenvalue weighted by molar-refractivity contribution is -0.143. The first-order valence-electron chi connectivity index (χ1n) is 10.7. The molecule has 1 atom stereocenters. The largest absolute Gasteiger partial charge is 0.481 e. The summed E-state index contributed by atoms with van der Waals surface area (Å²) in [6.07, 6.45) is 3.86. The van der Waals surface area contributed by atoms with Crippen LogP contribution in [-0.4, -0.2) is 34.5 Å². The normalized spacial score (nSPS) is 23.0. The molecule has 2 aromatic rings. The molecule has 1 unspecified atom stereocenters. The minimum Gasteiger partial charge on any atom is -0.481 e. The van der Waals surface area contributed by atoms with Gasteiger partial charge in [0.05, 0.1) is 18.1 Å². The Morgan fingerprint density at radius 1 is 1.30 bits per heavy atom. The van der Waals surface area contributed by atoms with E-state index < -0.39 is 29.7 Å². The molecule has 1 aliphatic heterocycles. The van der Waals surface area contributed by atoms with Gasteiger partial charge >= 0.3 is 11.9 Å². The summed E-state index contributed by atoms with van der Waals surface area (Å²) in [5.74, 6) is -1.83. The molecule has 1 aliphatic carbocycles. The molecule has 0 saturated heterocycles. The summed E-state index contributed by atoms with van der Waals surface area (Å²) < 4.78 is 19.1. The number of carboxylic acids is 1. The number of carbonyl (C=O) groups excluding carboxylic acids is 1. The number of nitrogens with one attached hydrogen (secondary N) is 1. The molecule has 4 rings (SSSR count). The summed E-state index contributed by atoms with van der Waals surface area (Å²) >= 11 is 7.78. The monoisotopic (exact) mass is 491 g/mol. The number of aromatic nitrogens is 1. The lowest BCUT2D eigenvalue weighted by Gasteiger charge is -2.34. The van der Waals surface area contributed by atoms with E-state index in [1.54, 1.807) is 13.1 Å². The first kappa shape index (κ1) is 23.4. The molecule has 0 amide bonds. The van der Waals surface area contributed by atoms with Crippen molar-refractivity contribution < 1.29 is 23.8 Å². The predicted octanol–water partition coefficient (Wildman–Crippen LogP) is 4.73. The molecule has 2 N–H and O–H groups in total. The van der Waals surface area contributed by atoms with Crippen molar-refractivity contribution in [2.45, 2.75) is 38.6 Å². The number of ether oxygens (including phenoxy) is 1. The highest BCUT2D eigenvalue weighted by atomic mass is 35.5. The van der Waals surface area contributed by atoms with Crippen LogP contribution in [0.2, 0.25) is 5.02 Å². The minimum absolute atomic E-state index is 0.0906. The summed E-state index contributed by atoms with van der Waals surface area (Å²) in [4.78, 5) is 33.7. The average molecular weight is 492 g/mol. The number of nitrogens with zero attached hydrogens (tertiary/aromatic N) is 2. The van der Waals surface area contributed by atoms with Gasteiger partial charge in [0.25, 0.3) is 0 Å². The smallest absolute Gasteiger partial charge is 0.338 e. The Morgan fingerprint density at radius 3 is 2.67 bits per heavy atom. The van der Waals surface area contributed by atoms with Crippen LogP contribution in [0.1, 0.15) is 49.2 Å². The molecule has 33 heavy (non-hydrogen) atoms. The minimum atomic E-state index is -0.815. The Labute approximate surface area is 199 Å². The van der Waals surface area contributed by atoms with Crippen LogP contribution in [-0.2, 0) is 14.3 Å². The number of carboxylic acid groups (broad SMARTS) is 1. The number of carbonyl (C=O) groups is 2. The van der Waals surface area contributed by atoms with Gasteiger partial charge < -0.3 is 15.2 Å². The fourth-order valence-corrected chi connectivity index (χ4v) is 5.21. The Kier molecular flexibility index (Phi) is 7.09. The fraction of sp³-hybridized carbons (Fsp3) is 0.391. The van der Waals surface area contributed by atoms with Gasteiger partial charge in [0.15, 0.2) is 10.8 Å². The average Bonchev–Trinajstić information content (AvgIpc) is 3.33. The lowest BCUT2D eigenvalue weighted by Crippen LogP contribution is -2.38. The van der Waals surface area contributed by atoms with Crippen LogP contribution < -0.4 is 5.32 Å². The van der Waals surface area contributed by atoms with E-state index in [-0.39, 0.29) is 17.5 Å². The third-order valence-electron chi connectivity index (χ3n) is 5.95. The van der Waals surface area contributed by atoms with Crippen LogP contribution in [0.25, 0.3) is 0 Å². The highest BCUT2D eigenvalue weighted by molar-refractivity contribution is 7.11. The second kappa shape index (κ2) is 10.0. The van der Waals surface area contributed by atoms with Gasteiger partial charge in [-0.25, -0.2) is 14.2 Å². The highest BCUT2D eigenvalue weighted by Gasteiger charge is 2.38. The van der Waals surface area contributed by atoms with Crippen molar-refractivity contribution in [2.75, 3.05) is 6.61 Å². The zero-order valence-electron chi connectivity index (χ0n) is 17.9. The Morgan fingerprint density at radius 2 is 2.06 bits per heavy atom. The SMILES string of the molecule is CCOC(=O)C1=C([C@H]2CC[C@H](C(=O)O)CC2)NC(c2nccs2)=NC1c1ccc(F)cc1Cl. The fourth-order valence-electron chi connectivity index (χ4n) is 4.35. The standard InChI is InChI=1S/C23H23ClFN3O4S/c1-2-32-23(31)17-18(12-3-5-13(6-4-12)22(29)30)27-20(21-26-9-10-33-21)28-19(17)15-8-7-14(25)11-16(15)24/h7-13,19H,2-6H2,1H3,(H,27,28)(H,29,30)/t12-,13-,19?. The number of hydrogen-bond acceptors (Lipinski definition) is 7. The summed E-state index contributed by atoms with van der Waals surface area (Å²) in [7, 11) is 0. The summed E-state index contributed by atoms with van der Waals surface area (Å²) in [6, 6.07) is 3.18. The molecule has 1 fully saturated rings. The number of aliphatic imine (C=N–C) groups is 1. The number of rotatable bonds is 6. The van der Waals surface area contributed by atoms with Crippen LogP contribution in [0.5, 0.6) is 0 Å². The molecule has 0 spiro atoms. The maximum atomic E-state index is 13.8. The van der Waals surface area contributed by atoms with Gasteiger partial charge in [0, 0.05) is 27.9 Å². The highest BCUT2D eigenvalue weighted by Crippen LogP contribution is 2.42. The number of benzene rings is 1. The number of allylic oxidation sites excluding steroid dienone is 1. The molecule has 0 bridgehead atoms. The first-order valence-corrected chi connectivity index (χ1v) is 12.0. The van der Waals surface area contributed by atoms with Crippen LogP contribution in [0.4, 0.5) is 4.39 Å². The van der Waals surface area contributed by atoms with Gasteiger partial charge in [0.2, 0.25) is 0 Å². The van der Waals surface area contributed by atoms with Gasteiger partial charge in [-0.15, -0.1) is 11.3 Å². The zero-order valence-corrected chi connectivity index (χ0v) is 19.5. The van der Waals surface area contributed by atoms with Gasteiger partial charge in [-0.1, -0.05) is 17.7 Å². The van der Waals surface area contributed by atoms with Gasteiger partial charge in [0.1, 0.15) is 11.9 Å². The van der Waals surface area contributed by atoms with Crippen molar-refractivity contribution in [3.63, 3.8) is 0 Å². The van der Waals surface area contributed by atoms with Crippen LogP contribution >= 0.6 is 22.9 Å². The zero-order chi connectivity index (χ0) is 23.5. The second-order valence-corrected chi connectivity index (χ2v) is 9.24. The maximum absolute atomic E-state index is 13.8. The topological polar surface area (TPSA) is 101 Å². The Hall–Kier alpha value is -2.78. The number of halogens is 2. The van der Waals surface area contributed by atoms with E-state index in [2.05, 4.69) is 10.3 Å². The van der Waals surface area contributed by atoms with Crippen LogP contribution in [0.3, 0.4) is 0 Å². The van der Waals surface area contributed by atoms with E-state index in [1.165, 1.54) is 29.5 Å². The number of thiazole rings is 1. The van der Waals surface area contributed by atoms with Crippen molar-refractivity contribution in [2.24, 2.45) is 16.8 Å². The van der Waals surface area contributed by atoms with Crippen LogP contribution in [0.15, 0.2) is 46.0 Å². The molecule has 0 radical (unpaired) electrons. The summed E-state index contributed by atoms with van der Waals surface area (Å²) in [5, 5.41) is 15.3. The van der Waals surface area contributed by atoms with Crippen molar-refractivity contribution >= 4 is 40.7 Å². The molecular formula is C23H23ClFN3O4S. The second-order valence-electron chi connectivity index (χ2n) is 7.94. The van der Waals surface area contributed by atoms with Crippen LogP contribution in [0, 0.1) is 17.7 Å². The number of aliphatic carboxylic acids is 1. The maximum Gasteiger partial charge on any atom is 0.338 e. The van der Waals surface area contributed by atoms with E-state index >= 15 is 0 Å². The molecule has 2 heterocycles. The lowest BCUT2D eigenvalue weighted by atomic mass is 9.78. The van der Waals surface area contributed by atoms with Gasteiger partial charge in [-0.05, 0) is 50.7 Å². The Balaban J connectivity index is 1.82. The molecule has 174 valence electrons. The van der Waals surface area contributed by atoms with Crippen molar-refractivity contribution in [3.05, 3.63) is 62.5 Å². The molecule has 1 aromatic heterocycles. The molecular weight excluding hydrogens is 469 g/mol. The number of amidine groups is 1. The van der Waals surface area contributed by atoms with Gasteiger partial charge in [-0.3, -0.25) is 9.79 Å². The molecule has 2 aliphatic rings. The molecule has 7 nitrogen and oxygen atoms in total. The summed E-state index contributed by atoms with van der Waals surface area (Å²) in [6.45, 7) is 1.89. The van der Waals surface area contributed by atoms with E-state index in [0.717, 1.165) is 0 Å². The van der Waals surface area contributed by atoms with Crippen molar-refractivity contribution in [1.82, 2.24) is 10.3 Å². The van der Waals surface area contributed by atoms with Gasteiger partial charge in [-0.2, -0.15) is 0 Å². The first-order chi connectivity index (χ1) is 15.9. The van der Waals surface area contributed by atoms with Crippen molar-refractivity contribution in [1.29, 1.82) is 0 Å². The third-order valence-corrected chi connectivity index (χ3v) is 7.05. The van der Waals surface area contributed by atoms with E-state index in [1.807, 2.05) is 5.38 Å². The third kappa shape index (κ3) is 4.94. The summed E-state index contributed by atoms with van der Waals surface area (Å²) in [5.41, 5.74) is 1.43. The molecule has 10 heteroatoms. The quantitative estimate of drug-likeness (QED) is 0.566.